The maximum Gasteiger partial charge on any atom is 0.227 e. The number of carbonyl (C=O) groups excluding carboxylic acids is 1. The second-order valence-electron chi connectivity index (χ2n) is 5.88. The summed E-state index contributed by atoms with van der Waals surface area (Å²) in [6, 6.07) is 0. The summed E-state index contributed by atoms with van der Waals surface area (Å²) in [5.41, 5.74) is 3.37. The number of aromatic amines is 1. The van der Waals surface area contributed by atoms with E-state index in [1.165, 1.54) is 5.56 Å². The average Bonchev–Trinajstić information content (AvgIpc) is 3.12. The van der Waals surface area contributed by atoms with E-state index >= 15 is 0 Å². The Hall–Kier alpha value is -2.18. The predicted octanol–water partition coefficient (Wildman–Crippen LogP) is 0.457. The molecule has 7 heteroatoms. The van der Waals surface area contributed by atoms with Crippen molar-refractivity contribution in [2.45, 2.75) is 39.3 Å². The summed E-state index contributed by atoms with van der Waals surface area (Å²) in [5.74, 6) is 1.25. The fraction of sp³-hybridized carbons (Fsp3) is 0.571. The molecule has 1 N–H and O–H groups in total. The summed E-state index contributed by atoms with van der Waals surface area (Å²) < 4.78 is 1.87. The van der Waals surface area contributed by atoms with E-state index in [9.17, 15) is 4.79 Å². The summed E-state index contributed by atoms with van der Waals surface area (Å²) in [6.07, 6.45) is 4.11. The molecule has 0 radical (unpaired) electrons. The van der Waals surface area contributed by atoms with E-state index in [0.717, 1.165) is 43.0 Å². The molecule has 0 saturated carbocycles. The molecule has 0 aromatic carbocycles. The maximum absolute atomic E-state index is 12.8. The number of hydrogen-bond donors (Lipinski definition) is 1. The number of aryl methyl sites for hydroxylation is 2. The first-order valence-corrected chi connectivity index (χ1v) is 7.40. The molecular formula is C14H18N6O. The number of amides is 1. The van der Waals surface area contributed by atoms with Crippen LogP contribution in [0, 0.1) is 12.8 Å². The van der Waals surface area contributed by atoms with Crippen LogP contribution in [0.25, 0.3) is 0 Å². The highest BCUT2D eigenvalue weighted by molar-refractivity contribution is 5.79. The van der Waals surface area contributed by atoms with Gasteiger partial charge in [-0.25, -0.2) is 9.67 Å². The van der Waals surface area contributed by atoms with Gasteiger partial charge in [-0.2, -0.15) is 10.2 Å². The zero-order valence-corrected chi connectivity index (χ0v) is 12.0. The van der Waals surface area contributed by atoms with Gasteiger partial charge in [0.2, 0.25) is 5.91 Å². The molecule has 0 aliphatic carbocycles. The molecule has 4 rings (SSSR count). The normalized spacial score (nSPS) is 21.0. The third-order valence-electron chi connectivity index (χ3n) is 4.59. The number of rotatable bonds is 1. The minimum atomic E-state index is 0.0213. The van der Waals surface area contributed by atoms with Crippen LogP contribution in [-0.2, 0) is 30.7 Å². The van der Waals surface area contributed by atoms with Gasteiger partial charge in [-0.05, 0) is 13.3 Å². The van der Waals surface area contributed by atoms with Gasteiger partial charge in [0.15, 0.2) is 0 Å². The van der Waals surface area contributed by atoms with E-state index in [1.54, 1.807) is 6.33 Å². The highest BCUT2D eigenvalue weighted by atomic mass is 16.2. The van der Waals surface area contributed by atoms with Gasteiger partial charge in [-0.15, -0.1) is 0 Å². The van der Waals surface area contributed by atoms with Crippen LogP contribution in [0.2, 0.25) is 0 Å². The average molecular weight is 286 g/mol. The van der Waals surface area contributed by atoms with Crippen LogP contribution in [0.4, 0.5) is 0 Å². The lowest BCUT2D eigenvalue weighted by molar-refractivity contribution is -0.137. The first kappa shape index (κ1) is 12.6. The molecule has 21 heavy (non-hydrogen) atoms. The third-order valence-corrected chi connectivity index (χ3v) is 4.59. The fourth-order valence-corrected chi connectivity index (χ4v) is 3.32. The van der Waals surface area contributed by atoms with Crippen molar-refractivity contribution in [2.75, 3.05) is 6.54 Å². The highest BCUT2D eigenvalue weighted by Crippen LogP contribution is 2.24. The summed E-state index contributed by atoms with van der Waals surface area (Å²) in [4.78, 5) is 18.9. The minimum absolute atomic E-state index is 0.0213. The van der Waals surface area contributed by atoms with Gasteiger partial charge in [-0.1, -0.05) is 0 Å². The molecule has 0 saturated heterocycles. The molecule has 1 amide bonds. The van der Waals surface area contributed by atoms with E-state index in [2.05, 4.69) is 20.3 Å². The number of fused-ring (bicyclic) bond motifs is 2. The number of nitrogens with one attached hydrogen (secondary N) is 1. The van der Waals surface area contributed by atoms with Crippen LogP contribution in [0.5, 0.6) is 0 Å². The smallest absolute Gasteiger partial charge is 0.227 e. The molecular weight excluding hydrogens is 268 g/mol. The van der Waals surface area contributed by atoms with Crippen molar-refractivity contribution in [1.82, 2.24) is 29.9 Å². The lowest BCUT2D eigenvalue weighted by atomic mass is 9.96. The Kier molecular flexibility index (Phi) is 2.80. The molecule has 2 aliphatic rings. The number of H-pyrrole nitrogens is 1. The molecule has 0 bridgehead atoms. The zero-order chi connectivity index (χ0) is 14.4. The topological polar surface area (TPSA) is 79.7 Å². The van der Waals surface area contributed by atoms with Gasteiger partial charge in [0.25, 0.3) is 0 Å². The van der Waals surface area contributed by atoms with E-state index in [4.69, 9.17) is 0 Å². The van der Waals surface area contributed by atoms with Gasteiger partial charge in [0.05, 0.1) is 18.2 Å². The molecule has 4 heterocycles. The van der Waals surface area contributed by atoms with Gasteiger partial charge < -0.3 is 4.90 Å². The van der Waals surface area contributed by atoms with E-state index in [1.807, 2.05) is 16.5 Å². The molecule has 7 nitrogen and oxygen atoms in total. The molecule has 1 unspecified atom stereocenters. The van der Waals surface area contributed by atoms with Crippen molar-refractivity contribution in [3.05, 3.63) is 29.1 Å². The Morgan fingerprint density at radius 2 is 2.33 bits per heavy atom. The maximum atomic E-state index is 12.8. The number of aromatic nitrogens is 5. The highest BCUT2D eigenvalue weighted by Gasteiger charge is 2.32. The van der Waals surface area contributed by atoms with Crippen LogP contribution in [0.3, 0.4) is 0 Å². The SMILES string of the molecule is Cc1[nH]nc2c1CN(C(=O)C1CCc3ncnn3C1)CC2. The zero-order valence-electron chi connectivity index (χ0n) is 12.0. The standard InChI is InChI=1S/C14H18N6O/c1-9-11-7-19(5-4-12(11)18-17-9)14(21)10-2-3-13-15-8-16-20(13)6-10/h8,10H,2-7H2,1H3,(H,17,18). The monoisotopic (exact) mass is 286 g/mol. The van der Waals surface area contributed by atoms with Crippen molar-refractivity contribution in [3.63, 3.8) is 0 Å². The third kappa shape index (κ3) is 2.03. The van der Waals surface area contributed by atoms with Crippen LogP contribution in [0.15, 0.2) is 6.33 Å². The van der Waals surface area contributed by atoms with E-state index in [-0.39, 0.29) is 11.8 Å². The first-order chi connectivity index (χ1) is 10.2. The number of hydrogen-bond acceptors (Lipinski definition) is 4. The van der Waals surface area contributed by atoms with Gasteiger partial charge in [0, 0.05) is 37.2 Å². The van der Waals surface area contributed by atoms with Crippen LogP contribution in [-0.4, -0.2) is 42.3 Å². The van der Waals surface area contributed by atoms with Crippen molar-refractivity contribution < 1.29 is 4.79 Å². The minimum Gasteiger partial charge on any atom is -0.338 e. The summed E-state index contributed by atoms with van der Waals surface area (Å²) >= 11 is 0. The molecule has 0 spiro atoms. The van der Waals surface area contributed by atoms with Crippen molar-refractivity contribution in [2.24, 2.45) is 5.92 Å². The Morgan fingerprint density at radius 3 is 3.24 bits per heavy atom. The fourth-order valence-electron chi connectivity index (χ4n) is 3.32. The van der Waals surface area contributed by atoms with Gasteiger partial charge >= 0.3 is 0 Å². The quantitative estimate of drug-likeness (QED) is 0.826. The van der Waals surface area contributed by atoms with Gasteiger partial charge in [-0.3, -0.25) is 9.89 Å². The second kappa shape index (κ2) is 4.68. The molecule has 110 valence electrons. The Bertz CT molecular complexity index is 687. The molecule has 2 aromatic heterocycles. The van der Waals surface area contributed by atoms with Crippen molar-refractivity contribution in [1.29, 1.82) is 0 Å². The molecule has 1 atom stereocenters. The summed E-state index contributed by atoms with van der Waals surface area (Å²) in [7, 11) is 0. The van der Waals surface area contributed by atoms with Crippen molar-refractivity contribution in [3.8, 4) is 0 Å². The van der Waals surface area contributed by atoms with E-state index < -0.39 is 0 Å². The lowest BCUT2D eigenvalue weighted by Crippen LogP contribution is -2.42. The van der Waals surface area contributed by atoms with Crippen molar-refractivity contribution >= 4 is 5.91 Å². The lowest BCUT2D eigenvalue weighted by Gasteiger charge is -2.31. The molecule has 2 aromatic rings. The van der Waals surface area contributed by atoms with Crippen LogP contribution in [0.1, 0.15) is 29.2 Å². The summed E-state index contributed by atoms with van der Waals surface area (Å²) in [5, 5.41) is 11.5. The Balaban J connectivity index is 1.50. The van der Waals surface area contributed by atoms with Gasteiger partial charge in [0.1, 0.15) is 12.2 Å². The van der Waals surface area contributed by atoms with Crippen LogP contribution < -0.4 is 0 Å². The second-order valence-corrected chi connectivity index (χ2v) is 5.88. The summed E-state index contributed by atoms with van der Waals surface area (Å²) in [6.45, 7) is 4.11. The molecule has 2 aliphatic heterocycles. The predicted molar refractivity (Wildman–Crippen MR) is 74.3 cm³/mol. The number of carbonyl (C=O) groups is 1. The number of nitrogens with zero attached hydrogens (tertiary/aromatic N) is 5. The Morgan fingerprint density at radius 1 is 1.43 bits per heavy atom. The Labute approximate surface area is 122 Å². The largest absolute Gasteiger partial charge is 0.338 e. The van der Waals surface area contributed by atoms with Crippen LogP contribution >= 0.6 is 0 Å². The van der Waals surface area contributed by atoms with E-state index in [0.29, 0.717) is 13.1 Å². The first-order valence-electron chi connectivity index (χ1n) is 7.40. The molecule has 0 fully saturated rings.